The van der Waals surface area contributed by atoms with Gasteiger partial charge in [0.2, 0.25) is 0 Å². The number of aromatic nitrogens is 2. The van der Waals surface area contributed by atoms with Crippen molar-refractivity contribution >= 4 is 11.7 Å². The number of oxime groups is 1. The molecule has 0 spiro atoms. The topological polar surface area (TPSA) is 87.6 Å². The van der Waals surface area contributed by atoms with Crippen molar-refractivity contribution in [3.63, 3.8) is 0 Å². The van der Waals surface area contributed by atoms with E-state index < -0.39 is 0 Å². The first-order valence-electron chi connectivity index (χ1n) is 6.18. The normalized spacial score (nSPS) is 20.7. The van der Waals surface area contributed by atoms with Crippen molar-refractivity contribution in [2.24, 2.45) is 22.7 Å². The highest BCUT2D eigenvalue weighted by atomic mass is 16.4. The number of hydrogen-bond donors (Lipinski definition) is 2. The Bertz CT molecular complexity index is 446. The van der Waals surface area contributed by atoms with Crippen molar-refractivity contribution in [3.05, 3.63) is 17.8 Å². The molecule has 2 heterocycles. The lowest BCUT2D eigenvalue weighted by Gasteiger charge is -2.20. The molecule has 0 aliphatic carbocycles. The number of amidine groups is 1. The van der Waals surface area contributed by atoms with Gasteiger partial charge in [0.1, 0.15) is 0 Å². The van der Waals surface area contributed by atoms with Gasteiger partial charge in [-0.25, -0.2) is 0 Å². The fourth-order valence-corrected chi connectivity index (χ4v) is 2.34. The van der Waals surface area contributed by atoms with Gasteiger partial charge in [-0.05, 0) is 24.3 Å². The Kier molecular flexibility index (Phi) is 3.64. The molecule has 0 bridgehead atoms. The molecule has 0 saturated carbocycles. The van der Waals surface area contributed by atoms with Crippen molar-refractivity contribution in [3.8, 4) is 0 Å². The Labute approximate surface area is 106 Å². The molecule has 1 atom stereocenters. The maximum absolute atomic E-state index is 8.79. The third-order valence-electron chi connectivity index (χ3n) is 3.55. The highest BCUT2D eigenvalue weighted by Gasteiger charge is 2.27. The van der Waals surface area contributed by atoms with Crippen LogP contribution < -0.4 is 10.6 Å². The Morgan fingerprint density at radius 3 is 3.00 bits per heavy atom. The number of nitrogens with two attached hydrogens (primary N) is 1. The summed E-state index contributed by atoms with van der Waals surface area (Å²) in [7, 11) is 0. The molecule has 1 saturated heterocycles. The molecule has 6 nitrogen and oxygen atoms in total. The fraction of sp³-hybridized carbons (Fsp3) is 0.583. The first kappa shape index (κ1) is 12.6. The molecule has 2 rings (SSSR count). The fourth-order valence-electron chi connectivity index (χ4n) is 2.34. The quantitative estimate of drug-likeness (QED) is 0.362. The van der Waals surface area contributed by atoms with Gasteiger partial charge in [-0.15, -0.1) is 5.10 Å². The van der Waals surface area contributed by atoms with Crippen molar-refractivity contribution in [2.75, 3.05) is 18.0 Å². The molecule has 1 fully saturated rings. The molecular weight excluding hydrogens is 230 g/mol. The lowest BCUT2D eigenvalue weighted by molar-refractivity contribution is 0.318. The third-order valence-corrected chi connectivity index (χ3v) is 3.55. The Morgan fingerprint density at radius 1 is 1.61 bits per heavy atom. The highest BCUT2D eigenvalue weighted by Crippen LogP contribution is 2.28. The van der Waals surface area contributed by atoms with Crippen LogP contribution in [-0.4, -0.2) is 34.3 Å². The van der Waals surface area contributed by atoms with Gasteiger partial charge < -0.3 is 15.8 Å². The molecule has 1 aromatic heterocycles. The summed E-state index contributed by atoms with van der Waals surface area (Å²) in [4.78, 5) is 2.16. The van der Waals surface area contributed by atoms with E-state index >= 15 is 0 Å². The smallest absolute Gasteiger partial charge is 0.173 e. The zero-order valence-corrected chi connectivity index (χ0v) is 10.7. The lowest BCUT2D eigenvalue weighted by atomic mass is 9.95. The average Bonchev–Trinajstić information content (AvgIpc) is 2.87. The predicted octanol–water partition coefficient (Wildman–Crippen LogP) is 1.05. The van der Waals surface area contributed by atoms with Crippen LogP contribution in [0.25, 0.3) is 0 Å². The van der Waals surface area contributed by atoms with Gasteiger partial charge in [-0.1, -0.05) is 19.0 Å². The number of hydrogen-bond acceptors (Lipinski definition) is 5. The summed E-state index contributed by atoms with van der Waals surface area (Å²) in [5, 5.41) is 19.9. The maximum Gasteiger partial charge on any atom is 0.173 e. The molecule has 0 radical (unpaired) electrons. The van der Waals surface area contributed by atoms with Gasteiger partial charge in [0.05, 0.1) is 11.8 Å². The van der Waals surface area contributed by atoms with Crippen molar-refractivity contribution < 1.29 is 5.21 Å². The molecule has 3 N–H and O–H groups in total. The summed E-state index contributed by atoms with van der Waals surface area (Å²) < 4.78 is 0. The third kappa shape index (κ3) is 2.37. The number of rotatable bonds is 3. The van der Waals surface area contributed by atoms with E-state index in [2.05, 4.69) is 34.1 Å². The molecule has 1 unspecified atom stereocenters. The highest BCUT2D eigenvalue weighted by molar-refractivity contribution is 6.01. The molecule has 1 aliphatic rings. The van der Waals surface area contributed by atoms with Gasteiger partial charge in [-0.2, -0.15) is 5.10 Å². The van der Waals surface area contributed by atoms with Crippen LogP contribution in [0.3, 0.4) is 0 Å². The van der Waals surface area contributed by atoms with Crippen LogP contribution in [0.15, 0.2) is 17.4 Å². The summed E-state index contributed by atoms with van der Waals surface area (Å²) in [6.07, 6.45) is 2.69. The lowest BCUT2D eigenvalue weighted by Crippen LogP contribution is -2.26. The predicted molar refractivity (Wildman–Crippen MR) is 69.7 cm³/mol. The summed E-state index contributed by atoms with van der Waals surface area (Å²) in [5.74, 6) is 2.09. The van der Waals surface area contributed by atoms with E-state index in [4.69, 9.17) is 10.9 Å². The van der Waals surface area contributed by atoms with Crippen LogP contribution >= 0.6 is 0 Å². The summed E-state index contributed by atoms with van der Waals surface area (Å²) in [6, 6.07) is 1.72. The second kappa shape index (κ2) is 5.20. The molecule has 18 heavy (non-hydrogen) atoms. The van der Waals surface area contributed by atoms with Crippen LogP contribution in [-0.2, 0) is 0 Å². The van der Waals surface area contributed by atoms with Gasteiger partial charge >= 0.3 is 0 Å². The van der Waals surface area contributed by atoms with Crippen LogP contribution in [0.4, 0.5) is 5.82 Å². The van der Waals surface area contributed by atoms with Crippen LogP contribution in [0, 0.1) is 11.8 Å². The van der Waals surface area contributed by atoms with E-state index in [0.717, 1.165) is 19.5 Å². The van der Waals surface area contributed by atoms with Gasteiger partial charge in [-0.3, -0.25) is 0 Å². The van der Waals surface area contributed by atoms with Crippen molar-refractivity contribution in [2.45, 2.75) is 20.3 Å². The molecule has 0 amide bonds. The second-order valence-corrected chi connectivity index (χ2v) is 4.99. The Morgan fingerprint density at radius 2 is 2.39 bits per heavy atom. The standard InChI is InChI=1S/C12H19N5O/c1-8(2)9-4-6-17(7-9)12-10(11(13)16-18)3-5-14-15-12/h3,5,8-9,18H,4,6-7H2,1-2H3,(H2,13,16). The first-order valence-corrected chi connectivity index (χ1v) is 6.18. The number of anilines is 1. The van der Waals surface area contributed by atoms with Gasteiger partial charge in [0, 0.05) is 13.1 Å². The van der Waals surface area contributed by atoms with E-state index in [0.29, 0.717) is 23.2 Å². The maximum atomic E-state index is 8.79. The van der Waals surface area contributed by atoms with E-state index in [1.807, 2.05) is 0 Å². The van der Waals surface area contributed by atoms with Crippen LogP contribution in [0.1, 0.15) is 25.8 Å². The Hall–Kier alpha value is -1.85. The van der Waals surface area contributed by atoms with Gasteiger partial charge in [0.25, 0.3) is 0 Å². The molecule has 6 heteroatoms. The minimum absolute atomic E-state index is 0.0768. The van der Waals surface area contributed by atoms with E-state index in [1.54, 1.807) is 12.3 Å². The van der Waals surface area contributed by atoms with E-state index in [-0.39, 0.29) is 5.84 Å². The largest absolute Gasteiger partial charge is 0.409 e. The second-order valence-electron chi connectivity index (χ2n) is 4.99. The van der Waals surface area contributed by atoms with Crippen molar-refractivity contribution in [1.29, 1.82) is 0 Å². The SMILES string of the molecule is CC(C)C1CCN(c2nnccc2/C(N)=N/O)C1. The van der Waals surface area contributed by atoms with Crippen LogP contribution in [0.2, 0.25) is 0 Å². The monoisotopic (exact) mass is 249 g/mol. The summed E-state index contributed by atoms with van der Waals surface area (Å²) >= 11 is 0. The van der Waals surface area contributed by atoms with Crippen molar-refractivity contribution in [1.82, 2.24) is 10.2 Å². The first-order chi connectivity index (χ1) is 8.63. The average molecular weight is 249 g/mol. The Balaban J connectivity index is 2.25. The minimum Gasteiger partial charge on any atom is -0.409 e. The number of nitrogens with zero attached hydrogens (tertiary/aromatic N) is 4. The zero-order chi connectivity index (χ0) is 13.1. The van der Waals surface area contributed by atoms with Gasteiger partial charge in [0.15, 0.2) is 11.7 Å². The molecule has 98 valence electrons. The molecule has 1 aromatic rings. The summed E-state index contributed by atoms with van der Waals surface area (Å²) in [6.45, 7) is 6.35. The molecule has 0 aromatic carbocycles. The zero-order valence-electron chi connectivity index (χ0n) is 10.7. The molecule has 1 aliphatic heterocycles. The minimum atomic E-state index is 0.0768. The summed E-state index contributed by atoms with van der Waals surface area (Å²) in [5.41, 5.74) is 6.30. The molecular formula is C12H19N5O. The van der Waals surface area contributed by atoms with E-state index in [1.165, 1.54) is 0 Å². The van der Waals surface area contributed by atoms with E-state index in [9.17, 15) is 0 Å². The van der Waals surface area contributed by atoms with Crippen LogP contribution in [0.5, 0.6) is 0 Å².